The van der Waals surface area contributed by atoms with Crippen molar-refractivity contribution in [3.8, 4) is 0 Å². The highest BCUT2D eigenvalue weighted by molar-refractivity contribution is 5.84. The molecule has 0 aliphatic carbocycles. The van der Waals surface area contributed by atoms with E-state index in [-0.39, 0.29) is 18.1 Å². The molecule has 0 spiro atoms. The lowest BCUT2D eigenvalue weighted by molar-refractivity contribution is -0.384. The Labute approximate surface area is 133 Å². The van der Waals surface area contributed by atoms with E-state index in [0.717, 1.165) is 5.69 Å². The van der Waals surface area contributed by atoms with Crippen molar-refractivity contribution in [2.24, 2.45) is 5.10 Å². The molecule has 0 aliphatic rings. The number of hydrazone groups is 1. The first-order valence-corrected chi connectivity index (χ1v) is 6.89. The molecule has 0 unspecified atom stereocenters. The average Bonchev–Trinajstić information content (AvgIpc) is 2.56. The van der Waals surface area contributed by atoms with Gasteiger partial charge in [0.15, 0.2) is 0 Å². The van der Waals surface area contributed by atoms with Crippen LogP contribution < -0.4 is 10.3 Å². The number of nitro groups is 1. The zero-order valence-electron chi connectivity index (χ0n) is 12.5. The van der Waals surface area contributed by atoms with Crippen molar-refractivity contribution in [3.63, 3.8) is 0 Å². The number of rotatable bonds is 6. The minimum atomic E-state index is -0.481. The van der Waals surface area contributed by atoms with Crippen LogP contribution in [-0.4, -0.2) is 30.6 Å². The molecule has 2 aromatic carbocycles. The van der Waals surface area contributed by atoms with Crippen molar-refractivity contribution in [3.05, 3.63) is 70.3 Å². The fourth-order valence-electron chi connectivity index (χ4n) is 1.92. The molecule has 118 valence electrons. The highest BCUT2D eigenvalue weighted by Crippen LogP contribution is 2.11. The predicted molar refractivity (Wildman–Crippen MR) is 88.5 cm³/mol. The number of anilines is 1. The normalized spacial score (nSPS) is 10.5. The monoisotopic (exact) mass is 312 g/mol. The molecule has 0 fully saturated rings. The summed E-state index contributed by atoms with van der Waals surface area (Å²) in [5.41, 5.74) is 3.83. The van der Waals surface area contributed by atoms with Gasteiger partial charge < -0.3 is 4.90 Å². The summed E-state index contributed by atoms with van der Waals surface area (Å²) in [6, 6.07) is 15.5. The first-order chi connectivity index (χ1) is 11.1. The molecule has 2 aromatic rings. The lowest BCUT2D eigenvalue weighted by Crippen LogP contribution is -2.32. The van der Waals surface area contributed by atoms with Crippen LogP contribution in [0.2, 0.25) is 0 Å². The number of para-hydroxylation sites is 1. The van der Waals surface area contributed by atoms with E-state index in [4.69, 9.17) is 0 Å². The van der Waals surface area contributed by atoms with Crippen LogP contribution in [0.4, 0.5) is 11.4 Å². The Morgan fingerprint density at radius 2 is 2.00 bits per heavy atom. The van der Waals surface area contributed by atoms with Crippen molar-refractivity contribution >= 4 is 23.5 Å². The van der Waals surface area contributed by atoms with Gasteiger partial charge in [-0.15, -0.1) is 0 Å². The number of benzene rings is 2. The fourth-order valence-corrected chi connectivity index (χ4v) is 1.92. The van der Waals surface area contributed by atoms with Gasteiger partial charge in [0.25, 0.3) is 11.6 Å². The largest absolute Gasteiger partial charge is 0.365 e. The maximum atomic E-state index is 11.8. The molecule has 1 amide bonds. The molecule has 7 nitrogen and oxygen atoms in total. The summed E-state index contributed by atoms with van der Waals surface area (Å²) >= 11 is 0. The van der Waals surface area contributed by atoms with Crippen molar-refractivity contribution in [1.29, 1.82) is 0 Å². The zero-order chi connectivity index (χ0) is 16.7. The van der Waals surface area contributed by atoms with Gasteiger partial charge in [-0.3, -0.25) is 14.9 Å². The quantitative estimate of drug-likeness (QED) is 0.503. The smallest absolute Gasteiger partial charge is 0.270 e. The number of nitrogens with zero attached hydrogens (tertiary/aromatic N) is 3. The van der Waals surface area contributed by atoms with Crippen LogP contribution in [0.15, 0.2) is 59.7 Å². The maximum absolute atomic E-state index is 11.8. The third kappa shape index (κ3) is 4.92. The molecular formula is C16H16N4O3. The second-order valence-corrected chi connectivity index (χ2v) is 4.84. The Morgan fingerprint density at radius 1 is 1.26 bits per heavy atom. The number of hydrogen-bond acceptors (Lipinski definition) is 5. The third-order valence-corrected chi connectivity index (χ3v) is 3.06. The van der Waals surface area contributed by atoms with Crippen LogP contribution in [0, 0.1) is 10.1 Å². The number of non-ortho nitro benzene ring substituents is 1. The molecule has 1 N–H and O–H groups in total. The van der Waals surface area contributed by atoms with Crippen LogP contribution >= 0.6 is 0 Å². The molecule has 0 saturated heterocycles. The summed E-state index contributed by atoms with van der Waals surface area (Å²) in [4.78, 5) is 23.8. The Balaban J connectivity index is 1.89. The Kier molecular flexibility index (Phi) is 5.40. The van der Waals surface area contributed by atoms with Gasteiger partial charge in [-0.2, -0.15) is 5.10 Å². The molecule has 0 radical (unpaired) electrons. The van der Waals surface area contributed by atoms with E-state index in [0.29, 0.717) is 5.56 Å². The van der Waals surface area contributed by atoms with Crippen LogP contribution in [-0.2, 0) is 4.79 Å². The van der Waals surface area contributed by atoms with E-state index in [2.05, 4.69) is 10.5 Å². The standard InChI is InChI=1S/C16H16N4O3/c1-19(14-7-3-2-4-8-14)12-16(21)18-17-11-13-6-5-9-15(10-13)20(22)23/h2-11H,12H2,1H3,(H,18,21)/b17-11-. The van der Waals surface area contributed by atoms with Crippen molar-refractivity contribution < 1.29 is 9.72 Å². The highest BCUT2D eigenvalue weighted by Gasteiger charge is 2.06. The first-order valence-electron chi connectivity index (χ1n) is 6.89. The van der Waals surface area contributed by atoms with Crippen molar-refractivity contribution in [1.82, 2.24) is 5.43 Å². The summed E-state index contributed by atoms with van der Waals surface area (Å²) in [6.07, 6.45) is 1.37. The van der Waals surface area contributed by atoms with Crippen LogP contribution in [0.25, 0.3) is 0 Å². The summed E-state index contributed by atoms with van der Waals surface area (Å²) in [6.45, 7) is 0.149. The summed E-state index contributed by atoms with van der Waals surface area (Å²) in [5, 5.41) is 14.5. The van der Waals surface area contributed by atoms with Gasteiger partial charge >= 0.3 is 0 Å². The third-order valence-electron chi connectivity index (χ3n) is 3.06. The van der Waals surface area contributed by atoms with Gasteiger partial charge in [0.1, 0.15) is 0 Å². The minimum absolute atomic E-state index is 0.0240. The number of nitrogens with one attached hydrogen (secondary N) is 1. The molecule has 0 aromatic heterocycles. The molecule has 0 aliphatic heterocycles. The van der Waals surface area contributed by atoms with E-state index in [1.807, 2.05) is 30.3 Å². The minimum Gasteiger partial charge on any atom is -0.365 e. The molecular weight excluding hydrogens is 296 g/mol. The van der Waals surface area contributed by atoms with Crippen molar-refractivity contribution in [2.45, 2.75) is 0 Å². The lowest BCUT2D eigenvalue weighted by atomic mass is 10.2. The van der Waals surface area contributed by atoms with Gasteiger partial charge in [-0.05, 0) is 12.1 Å². The molecule has 0 bridgehead atoms. The Hall–Kier alpha value is -3.22. The van der Waals surface area contributed by atoms with E-state index < -0.39 is 4.92 Å². The highest BCUT2D eigenvalue weighted by atomic mass is 16.6. The number of amides is 1. The number of carbonyl (C=O) groups is 1. The molecule has 23 heavy (non-hydrogen) atoms. The zero-order valence-corrected chi connectivity index (χ0v) is 12.5. The Morgan fingerprint density at radius 3 is 2.70 bits per heavy atom. The van der Waals surface area contributed by atoms with Gasteiger partial charge in [-0.1, -0.05) is 30.3 Å². The van der Waals surface area contributed by atoms with E-state index in [1.165, 1.54) is 18.3 Å². The van der Waals surface area contributed by atoms with Crippen LogP contribution in [0.3, 0.4) is 0 Å². The number of hydrogen-bond donors (Lipinski definition) is 1. The topological polar surface area (TPSA) is 87.8 Å². The molecule has 0 heterocycles. The van der Waals surface area contributed by atoms with Crippen molar-refractivity contribution in [2.75, 3.05) is 18.5 Å². The van der Waals surface area contributed by atoms with Gasteiger partial charge in [0.05, 0.1) is 17.7 Å². The van der Waals surface area contributed by atoms with Crippen LogP contribution in [0.5, 0.6) is 0 Å². The van der Waals surface area contributed by atoms with Crippen LogP contribution in [0.1, 0.15) is 5.56 Å². The van der Waals surface area contributed by atoms with E-state index >= 15 is 0 Å². The van der Waals surface area contributed by atoms with Gasteiger partial charge in [0.2, 0.25) is 0 Å². The summed E-state index contributed by atoms with van der Waals surface area (Å²) in [5.74, 6) is -0.280. The SMILES string of the molecule is CN(CC(=O)N/N=C\c1cccc([N+](=O)[O-])c1)c1ccccc1. The first kappa shape index (κ1) is 16.2. The molecule has 7 heteroatoms. The fraction of sp³-hybridized carbons (Fsp3) is 0.125. The maximum Gasteiger partial charge on any atom is 0.270 e. The lowest BCUT2D eigenvalue weighted by Gasteiger charge is -2.17. The van der Waals surface area contributed by atoms with Gasteiger partial charge in [-0.25, -0.2) is 5.43 Å². The average molecular weight is 312 g/mol. The van der Waals surface area contributed by atoms with E-state index in [9.17, 15) is 14.9 Å². The summed E-state index contributed by atoms with van der Waals surface area (Å²) < 4.78 is 0. The molecule has 0 atom stereocenters. The molecule has 0 saturated carbocycles. The number of nitro benzene ring substituents is 1. The molecule has 2 rings (SSSR count). The van der Waals surface area contributed by atoms with Gasteiger partial charge in [0, 0.05) is 30.4 Å². The predicted octanol–water partition coefficient (Wildman–Crippen LogP) is 2.18. The number of carbonyl (C=O) groups excluding carboxylic acids is 1. The Bertz CT molecular complexity index is 716. The second kappa shape index (κ2) is 7.69. The second-order valence-electron chi connectivity index (χ2n) is 4.84. The number of likely N-dealkylation sites (N-methyl/N-ethyl adjacent to an activating group) is 1. The van der Waals surface area contributed by atoms with E-state index in [1.54, 1.807) is 24.1 Å². The summed E-state index contributed by atoms with van der Waals surface area (Å²) in [7, 11) is 1.80.